The SMILES string of the molecule is CCCCOc1cc(O)ccc1O. The van der Waals surface area contributed by atoms with Gasteiger partial charge in [0.05, 0.1) is 6.61 Å². The highest BCUT2D eigenvalue weighted by Crippen LogP contribution is 2.29. The molecule has 0 fully saturated rings. The van der Waals surface area contributed by atoms with E-state index < -0.39 is 0 Å². The van der Waals surface area contributed by atoms with Crippen LogP contribution in [0.3, 0.4) is 0 Å². The Bertz CT molecular complexity index is 271. The van der Waals surface area contributed by atoms with E-state index in [0.29, 0.717) is 12.4 Å². The van der Waals surface area contributed by atoms with Crippen molar-refractivity contribution in [1.82, 2.24) is 0 Å². The second kappa shape index (κ2) is 4.60. The van der Waals surface area contributed by atoms with E-state index in [1.807, 2.05) is 0 Å². The molecule has 0 amide bonds. The van der Waals surface area contributed by atoms with Crippen LogP contribution < -0.4 is 4.74 Å². The summed E-state index contributed by atoms with van der Waals surface area (Å²) in [6.07, 6.45) is 1.98. The van der Waals surface area contributed by atoms with Gasteiger partial charge in [0.1, 0.15) is 5.75 Å². The van der Waals surface area contributed by atoms with Crippen LogP contribution in [0.4, 0.5) is 0 Å². The van der Waals surface area contributed by atoms with E-state index >= 15 is 0 Å². The molecule has 72 valence electrons. The predicted molar refractivity (Wildman–Crippen MR) is 50.2 cm³/mol. The van der Waals surface area contributed by atoms with Crippen LogP contribution >= 0.6 is 0 Å². The number of benzene rings is 1. The first-order chi connectivity index (χ1) is 6.24. The van der Waals surface area contributed by atoms with Gasteiger partial charge in [-0.3, -0.25) is 0 Å². The monoisotopic (exact) mass is 182 g/mol. The fourth-order valence-corrected chi connectivity index (χ4v) is 0.945. The zero-order chi connectivity index (χ0) is 9.68. The Morgan fingerprint density at radius 2 is 2.08 bits per heavy atom. The van der Waals surface area contributed by atoms with Crippen LogP contribution in [0.2, 0.25) is 0 Å². The summed E-state index contributed by atoms with van der Waals surface area (Å²) < 4.78 is 5.25. The molecule has 0 heterocycles. The van der Waals surface area contributed by atoms with Crippen molar-refractivity contribution >= 4 is 0 Å². The molecule has 3 nitrogen and oxygen atoms in total. The Morgan fingerprint density at radius 3 is 2.77 bits per heavy atom. The van der Waals surface area contributed by atoms with Crippen molar-refractivity contribution in [2.24, 2.45) is 0 Å². The Morgan fingerprint density at radius 1 is 1.31 bits per heavy atom. The molecule has 1 aromatic rings. The molecule has 0 spiro atoms. The van der Waals surface area contributed by atoms with E-state index in [4.69, 9.17) is 9.84 Å². The van der Waals surface area contributed by atoms with Gasteiger partial charge in [-0.05, 0) is 18.6 Å². The molecular formula is C10H14O3. The molecule has 0 aromatic heterocycles. The standard InChI is InChI=1S/C10H14O3/c1-2-3-6-13-10-7-8(11)4-5-9(10)12/h4-5,7,11-12H,2-3,6H2,1H3. The highest BCUT2D eigenvalue weighted by Gasteiger charge is 2.02. The van der Waals surface area contributed by atoms with Gasteiger partial charge in [-0.25, -0.2) is 0 Å². The van der Waals surface area contributed by atoms with E-state index in [0.717, 1.165) is 12.8 Å². The maximum Gasteiger partial charge on any atom is 0.164 e. The summed E-state index contributed by atoms with van der Waals surface area (Å²) >= 11 is 0. The highest BCUT2D eigenvalue weighted by molar-refractivity contribution is 5.43. The van der Waals surface area contributed by atoms with Gasteiger partial charge in [-0.1, -0.05) is 13.3 Å². The van der Waals surface area contributed by atoms with Crippen molar-refractivity contribution in [3.63, 3.8) is 0 Å². The van der Waals surface area contributed by atoms with Crippen LogP contribution in [0.25, 0.3) is 0 Å². The van der Waals surface area contributed by atoms with Crippen molar-refractivity contribution < 1.29 is 14.9 Å². The van der Waals surface area contributed by atoms with Crippen LogP contribution in [-0.4, -0.2) is 16.8 Å². The van der Waals surface area contributed by atoms with Crippen LogP contribution in [-0.2, 0) is 0 Å². The van der Waals surface area contributed by atoms with Crippen LogP contribution in [0.1, 0.15) is 19.8 Å². The number of rotatable bonds is 4. The molecule has 0 aliphatic heterocycles. The Balaban J connectivity index is 2.59. The summed E-state index contributed by atoms with van der Waals surface area (Å²) in [5, 5.41) is 18.4. The summed E-state index contributed by atoms with van der Waals surface area (Å²) in [4.78, 5) is 0. The Hall–Kier alpha value is -1.38. The zero-order valence-corrected chi connectivity index (χ0v) is 7.66. The number of unbranched alkanes of at least 4 members (excludes halogenated alkanes) is 1. The van der Waals surface area contributed by atoms with Gasteiger partial charge in [-0.15, -0.1) is 0 Å². The lowest BCUT2D eigenvalue weighted by atomic mass is 10.3. The quantitative estimate of drug-likeness (QED) is 0.554. The van der Waals surface area contributed by atoms with Gasteiger partial charge in [0.15, 0.2) is 11.5 Å². The molecule has 0 aliphatic carbocycles. The molecule has 0 aliphatic rings. The summed E-state index contributed by atoms with van der Waals surface area (Å²) in [6, 6.07) is 4.24. The van der Waals surface area contributed by atoms with E-state index in [-0.39, 0.29) is 11.5 Å². The Kier molecular flexibility index (Phi) is 3.43. The molecular weight excluding hydrogens is 168 g/mol. The number of phenolic OH excluding ortho intramolecular Hbond substituents is 2. The third kappa shape index (κ3) is 2.86. The third-order valence-electron chi connectivity index (χ3n) is 1.70. The van der Waals surface area contributed by atoms with E-state index in [2.05, 4.69) is 6.92 Å². The maximum absolute atomic E-state index is 9.30. The first kappa shape index (κ1) is 9.71. The van der Waals surface area contributed by atoms with E-state index in [1.165, 1.54) is 18.2 Å². The Labute approximate surface area is 77.6 Å². The molecule has 0 radical (unpaired) electrons. The van der Waals surface area contributed by atoms with Crippen LogP contribution in [0.15, 0.2) is 18.2 Å². The number of hydrogen-bond donors (Lipinski definition) is 2. The summed E-state index contributed by atoms with van der Waals surface area (Å²) in [6.45, 7) is 2.62. The van der Waals surface area contributed by atoms with Crippen molar-refractivity contribution in [2.45, 2.75) is 19.8 Å². The van der Waals surface area contributed by atoms with Crippen molar-refractivity contribution in [2.75, 3.05) is 6.61 Å². The second-order valence-corrected chi connectivity index (χ2v) is 2.85. The molecule has 1 rings (SSSR count). The van der Waals surface area contributed by atoms with E-state index in [9.17, 15) is 5.11 Å². The van der Waals surface area contributed by atoms with Gasteiger partial charge in [0, 0.05) is 6.07 Å². The summed E-state index contributed by atoms with van der Waals surface area (Å²) in [7, 11) is 0. The molecule has 0 saturated heterocycles. The topological polar surface area (TPSA) is 49.7 Å². The maximum atomic E-state index is 9.30. The highest BCUT2D eigenvalue weighted by atomic mass is 16.5. The fraction of sp³-hybridized carbons (Fsp3) is 0.400. The largest absolute Gasteiger partial charge is 0.508 e. The first-order valence-corrected chi connectivity index (χ1v) is 4.39. The van der Waals surface area contributed by atoms with Gasteiger partial charge < -0.3 is 14.9 Å². The molecule has 1 aromatic carbocycles. The minimum atomic E-state index is 0.0638. The lowest BCUT2D eigenvalue weighted by Crippen LogP contribution is -1.96. The molecule has 0 bridgehead atoms. The fourth-order valence-electron chi connectivity index (χ4n) is 0.945. The average Bonchev–Trinajstić information content (AvgIpc) is 2.11. The molecule has 0 unspecified atom stereocenters. The van der Waals surface area contributed by atoms with Crippen molar-refractivity contribution in [3.05, 3.63) is 18.2 Å². The third-order valence-corrected chi connectivity index (χ3v) is 1.70. The zero-order valence-electron chi connectivity index (χ0n) is 7.66. The number of ether oxygens (including phenoxy) is 1. The molecule has 3 heteroatoms. The lowest BCUT2D eigenvalue weighted by Gasteiger charge is -2.07. The van der Waals surface area contributed by atoms with Crippen LogP contribution in [0.5, 0.6) is 17.2 Å². The molecule has 0 saturated carbocycles. The molecule has 0 atom stereocenters. The lowest BCUT2D eigenvalue weighted by molar-refractivity contribution is 0.291. The minimum Gasteiger partial charge on any atom is -0.508 e. The number of phenols is 2. The van der Waals surface area contributed by atoms with Crippen molar-refractivity contribution in [3.8, 4) is 17.2 Å². The average molecular weight is 182 g/mol. The van der Waals surface area contributed by atoms with Gasteiger partial charge in [0.25, 0.3) is 0 Å². The molecule has 13 heavy (non-hydrogen) atoms. The van der Waals surface area contributed by atoms with Crippen LogP contribution in [0, 0.1) is 0 Å². The van der Waals surface area contributed by atoms with Gasteiger partial charge in [-0.2, -0.15) is 0 Å². The first-order valence-electron chi connectivity index (χ1n) is 4.39. The molecule has 2 N–H and O–H groups in total. The van der Waals surface area contributed by atoms with Gasteiger partial charge >= 0.3 is 0 Å². The summed E-state index contributed by atoms with van der Waals surface area (Å²) in [5.74, 6) is 0.506. The van der Waals surface area contributed by atoms with E-state index in [1.54, 1.807) is 0 Å². The predicted octanol–water partition coefficient (Wildman–Crippen LogP) is 2.28. The second-order valence-electron chi connectivity index (χ2n) is 2.85. The number of hydrogen-bond acceptors (Lipinski definition) is 3. The van der Waals surface area contributed by atoms with Crippen molar-refractivity contribution in [1.29, 1.82) is 0 Å². The van der Waals surface area contributed by atoms with Gasteiger partial charge in [0.2, 0.25) is 0 Å². The number of aromatic hydroxyl groups is 2. The summed E-state index contributed by atoms with van der Waals surface area (Å²) in [5.41, 5.74) is 0. The minimum absolute atomic E-state index is 0.0638. The smallest absolute Gasteiger partial charge is 0.164 e. The normalized spacial score (nSPS) is 9.92.